The maximum atomic E-state index is 12.5. The number of hydrogen-bond acceptors (Lipinski definition) is 8. The van der Waals surface area contributed by atoms with E-state index in [-0.39, 0.29) is 32.7 Å². The first-order chi connectivity index (χ1) is 16.9. The number of rotatable bonds is 20. The first-order valence-corrected chi connectivity index (χ1v) is 14.3. The summed E-state index contributed by atoms with van der Waals surface area (Å²) < 4.78 is 32.2. The van der Waals surface area contributed by atoms with Gasteiger partial charge in [0.25, 0.3) is 10.1 Å². The maximum absolute atomic E-state index is 12.5. The Kier molecular flexibility index (Phi) is 20.2. The zero-order chi connectivity index (χ0) is 28.4. The van der Waals surface area contributed by atoms with Gasteiger partial charge in [-0.1, -0.05) is 53.4 Å². The van der Waals surface area contributed by atoms with E-state index < -0.39 is 44.6 Å². The van der Waals surface area contributed by atoms with Crippen molar-refractivity contribution in [2.45, 2.75) is 83.8 Å². The third-order valence-electron chi connectivity index (χ3n) is 6.41. The molecule has 0 amide bonds. The lowest BCUT2D eigenvalue weighted by Gasteiger charge is -2.41. The lowest BCUT2D eigenvalue weighted by molar-refractivity contribution is -0.157. The van der Waals surface area contributed by atoms with Crippen molar-refractivity contribution in [2.24, 2.45) is 17.8 Å². The molecule has 0 aromatic carbocycles. The zero-order valence-corrected chi connectivity index (χ0v) is 23.1. The maximum Gasteiger partial charge on any atom is 0.328 e. The minimum Gasteiger partial charge on any atom is -0.481 e. The second-order valence-electron chi connectivity index (χ2n) is 9.01. The second-order valence-corrected chi connectivity index (χ2v) is 10.6. The van der Waals surface area contributed by atoms with E-state index in [1.807, 2.05) is 13.8 Å². The van der Waals surface area contributed by atoms with Crippen LogP contribution in [0.5, 0.6) is 0 Å². The highest BCUT2D eigenvalue weighted by molar-refractivity contribution is 7.88. The van der Waals surface area contributed by atoms with Crippen LogP contribution in [0.15, 0.2) is 0 Å². The predicted octanol–water partition coefficient (Wildman–Crippen LogP) is 2.10. The van der Waals surface area contributed by atoms with Gasteiger partial charge in [0.2, 0.25) is 4.75 Å². The second kappa shape index (κ2) is 19.8. The van der Waals surface area contributed by atoms with Gasteiger partial charge in [-0.15, -0.1) is 0 Å². The van der Waals surface area contributed by atoms with Crippen LogP contribution in [-0.2, 0) is 19.7 Å². The minimum atomic E-state index is -5.18. The summed E-state index contributed by atoms with van der Waals surface area (Å²) in [5.41, 5.74) is 0. The molecule has 0 aliphatic heterocycles. The van der Waals surface area contributed by atoms with Gasteiger partial charge in [0, 0.05) is 19.6 Å². The van der Waals surface area contributed by atoms with Crippen molar-refractivity contribution < 1.29 is 48.1 Å². The van der Waals surface area contributed by atoms with Crippen molar-refractivity contribution in [2.75, 3.05) is 39.5 Å². The molecule has 0 bridgehead atoms. The molecule has 0 saturated carbocycles. The topological polar surface area (TPSA) is 193 Å². The molecule has 6 N–H and O–H groups in total. The summed E-state index contributed by atoms with van der Waals surface area (Å²) in [4.78, 5) is 26.3. The highest BCUT2D eigenvalue weighted by Gasteiger charge is 2.64. The summed E-state index contributed by atoms with van der Waals surface area (Å²) >= 11 is 0. The molecule has 0 fully saturated rings. The molecular formula is C24H49NO10S. The van der Waals surface area contributed by atoms with E-state index >= 15 is 0 Å². The van der Waals surface area contributed by atoms with E-state index in [9.17, 15) is 32.8 Å². The monoisotopic (exact) mass is 543 g/mol. The van der Waals surface area contributed by atoms with E-state index in [0.29, 0.717) is 58.2 Å². The third kappa shape index (κ3) is 11.0. The number of nitrogens with zero attached hydrogens (tertiary/aromatic N) is 1. The summed E-state index contributed by atoms with van der Waals surface area (Å²) in [5.74, 6) is -6.55. The highest BCUT2D eigenvalue weighted by atomic mass is 32.2. The van der Waals surface area contributed by atoms with Crippen molar-refractivity contribution in [3.05, 3.63) is 0 Å². The average molecular weight is 544 g/mol. The lowest BCUT2D eigenvalue weighted by Crippen LogP contribution is -2.61. The molecule has 0 radical (unpaired) electrons. The third-order valence-corrected chi connectivity index (χ3v) is 8.02. The van der Waals surface area contributed by atoms with Gasteiger partial charge in [-0.05, 0) is 37.5 Å². The summed E-state index contributed by atoms with van der Waals surface area (Å²) in [6, 6.07) is 0. The fourth-order valence-electron chi connectivity index (χ4n) is 5.03. The van der Waals surface area contributed by atoms with Crippen LogP contribution in [0.2, 0.25) is 0 Å². The van der Waals surface area contributed by atoms with E-state index in [0.717, 1.165) is 0 Å². The van der Waals surface area contributed by atoms with Gasteiger partial charge >= 0.3 is 11.9 Å². The van der Waals surface area contributed by atoms with Gasteiger partial charge in [-0.25, -0.2) is 0 Å². The molecule has 12 heteroatoms. The molecule has 216 valence electrons. The van der Waals surface area contributed by atoms with Gasteiger partial charge in [-0.2, -0.15) is 8.42 Å². The summed E-state index contributed by atoms with van der Waals surface area (Å²) in [6.45, 7) is 9.00. The number of hydrogen-bond donors (Lipinski definition) is 6. The van der Waals surface area contributed by atoms with Crippen LogP contribution >= 0.6 is 0 Å². The Morgan fingerprint density at radius 1 is 0.750 bits per heavy atom. The largest absolute Gasteiger partial charge is 0.481 e. The van der Waals surface area contributed by atoms with Gasteiger partial charge in [0.1, 0.15) is 0 Å². The highest BCUT2D eigenvalue weighted by Crippen LogP contribution is 2.45. The lowest BCUT2D eigenvalue weighted by atomic mass is 9.69. The Bertz CT molecular complexity index is 677. The van der Waals surface area contributed by atoms with E-state index in [4.69, 9.17) is 15.3 Å². The number of carbonyl (C=O) groups is 2. The Labute approximate surface area is 216 Å². The number of aliphatic hydroxyl groups excluding tert-OH is 3. The first-order valence-electron chi connectivity index (χ1n) is 12.9. The van der Waals surface area contributed by atoms with Crippen molar-refractivity contribution in [1.82, 2.24) is 4.90 Å². The van der Waals surface area contributed by atoms with Crippen molar-refractivity contribution in [1.29, 1.82) is 0 Å². The molecule has 0 heterocycles. The predicted molar refractivity (Wildman–Crippen MR) is 137 cm³/mol. The van der Waals surface area contributed by atoms with Crippen LogP contribution in [0, 0.1) is 17.8 Å². The molecule has 0 aliphatic carbocycles. The molecule has 0 aliphatic rings. The van der Waals surface area contributed by atoms with Crippen LogP contribution in [0.1, 0.15) is 79.1 Å². The van der Waals surface area contributed by atoms with Crippen LogP contribution in [0.3, 0.4) is 0 Å². The Morgan fingerprint density at radius 3 is 1.33 bits per heavy atom. The van der Waals surface area contributed by atoms with E-state index in [2.05, 4.69) is 0 Å². The fourth-order valence-corrected chi connectivity index (χ4v) is 6.52. The molecule has 11 nitrogen and oxygen atoms in total. The average Bonchev–Trinajstić information content (AvgIpc) is 2.77. The SMILES string of the molecule is CCCC(CCC)C(C(=O)O)C(C(=O)O)(C(CCC)CCC)S(=O)(=O)O.OCCN(CCO)CCO. The summed E-state index contributed by atoms with van der Waals surface area (Å²) in [6.07, 6.45) is 3.40. The van der Waals surface area contributed by atoms with Gasteiger partial charge in [-0.3, -0.25) is 19.0 Å². The van der Waals surface area contributed by atoms with Gasteiger partial charge < -0.3 is 25.5 Å². The molecule has 36 heavy (non-hydrogen) atoms. The first kappa shape index (κ1) is 36.8. The molecule has 2 unspecified atom stereocenters. The van der Waals surface area contributed by atoms with Crippen molar-refractivity contribution in [3.63, 3.8) is 0 Å². The van der Waals surface area contributed by atoms with Gasteiger partial charge in [0.15, 0.2) is 0 Å². The van der Waals surface area contributed by atoms with Crippen LogP contribution in [0.25, 0.3) is 0 Å². The van der Waals surface area contributed by atoms with E-state index in [1.54, 1.807) is 18.7 Å². The number of carboxylic acid groups (broad SMARTS) is 2. The Balaban J connectivity index is 0. The molecule has 0 saturated heterocycles. The number of aliphatic hydroxyl groups is 3. The van der Waals surface area contributed by atoms with E-state index in [1.165, 1.54) is 0 Å². The smallest absolute Gasteiger partial charge is 0.328 e. The standard InChI is InChI=1S/C18H34O7S.C6H15NO3/c1-5-9-13(10-6-2)15(16(19)20)18(17(21)22,26(23,24)25)14(11-7-3)12-8-4;8-4-1-7(2-5-9)3-6-10/h13-15H,5-12H2,1-4H3,(H,19,20)(H,21,22)(H,23,24,25);8-10H,1-6H2. The molecule has 0 spiro atoms. The Hall–Kier alpha value is -1.31. The van der Waals surface area contributed by atoms with Crippen molar-refractivity contribution >= 4 is 22.1 Å². The molecule has 0 aromatic rings. The summed E-state index contributed by atoms with van der Waals surface area (Å²) in [7, 11) is -5.18. The number of carboxylic acids is 2. The zero-order valence-electron chi connectivity index (χ0n) is 22.3. The van der Waals surface area contributed by atoms with Crippen LogP contribution < -0.4 is 0 Å². The summed E-state index contributed by atoms with van der Waals surface area (Å²) in [5, 5.41) is 45.3. The van der Waals surface area contributed by atoms with Crippen molar-refractivity contribution in [3.8, 4) is 0 Å². The minimum absolute atomic E-state index is 0.0694. The molecule has 2 atom stereocenters. The number of aliphatic carboxylic acids is 2. The fraction of sp³-hybridized carbons (Fsp3) is 0.917. The molecule has 0 aromatic heterocycles. The van der Waals surface area contributed by atoms with Crippen LogP contribution in [0.4, 0.5) is 0 Å². The quantitative estimate of drug-likeness (QED) is 0.123. The Morgan fingerprint density at radius 2 is 1.11 bits per heavy atom. The molecular weight excluding hydrogens is 494 g/mol. The normalized spacial score (nSPS) is 14.4. The molecule has 0 rings (SSSR count). The van der Waals surface area contributed by atoms with Crippen LogP contribution in [-0.4, -0.2) is 99.5 Å². The van der Waals surface area contributed by atoms with Gasteiger partial charge in [0.05, 0.1) is 25.7 Å².